The number of carbonyl (C=O) groups is 2. The summed E-state index contributed by atoms with van der Waals surface area (Å²) in [4.78, 5) is 23.9. The van der Waals surface area contributed by atoms with Gasteiger partial charge in [-0.05, 0) is 12.1 Å². The number of ketones is 2. The van der Waals surface area contributed by atoms with Crippen molar-refractivity contribution in [3.63, 3.8) is 0 Å². The van der Waals surface area contributed by atoms with Crippen molar-refractivity contribution in [3.05, 3.63) is 51.8 Å². The van der Waals surface area contributed by atoms with Gasteiger partial charge < -0.3 is 0 Å². The number of benzene rings is 1. The van der Waals surface area contributed by atoms with Gasteiger partial charge in [0.25, 0.3) is 0 Å². The number of rotatable bonds is 4. The number of Topliss-reactive ketones (excluding diaryl/α,β-unsaturated/α-hetero) is 2. The van der Waals surface area contributed by atoms with E-state index in [-0.39, 0.29) is 28.6 Å². The Bertz CT molecular complexity index is 650. The Morgan fingerprint density at radius 1 is 1.26 bits per heavy atom. The van der Waals surface area contributed by atoms with E-state index in [0.717, 1.165) is 0 Å². The summed E-state index contributed by atoms with van der Waals surface area (Å²) in [6.07, 6.45) is 2.73. The van der Waals surface area contributed by atoms with Crippen LogP contribution in [0.15, 0.2) is 30.6 Å². The minimum atomic E-state index is -0.360. The summed E-state index contributed by atoms with van der Waals surface area (Å²) in [5.74, 6) is -0.657. The SMILES string of the molecule is Cn1cc(C(=O)CC(=O)c2cccc(Cl)c2Cl)cn1. The number of carbonyl (C=O) groups excluding carboxylic acids is 2. The second-order valence-electron chi connectivity index (χ2n) is 4.03. The van der Waals surface area contributed by atoms with Crippen molar-refractivity contribution in [1.82, 2.24) is 9.78 Å². The second-order valence-corrected chi connectivity index (χ2v) is 4.81. The molecule has 0 amide bonds. The molecule has 1 aromatic carbocycles. The van der Waals surface area contributed by atoms with Crippen molar-refractivity contribution < 1.29 is 9.59 Å². The fourth-order valence-corrected chi connectivity index (χ4v) is 2.03. The summed E-state index contributed by atoms with van der Waals surface area (Å²) in [6, 6.07) is 4.76. The molecule has 0 aliphatic heterocycles. The lowest BCUT2D eigenvalue weighted by atomic mass is 10.0. The normalized spacial score (nSPS) is 10.5. The average molecular weight is 297 g/mol. The largest absolute Gasteiger partial charge is 0.294 e. The number of aryl methyl sites for hydroxylation is 1. The van der Waals surface area contributed by atoms with E-state index >= 15 is 0 Å². The highest BCUT2D eigenvalue weighted by Crippen LogP contribution is 2.26. The van der Waals surface area contributed by atoms with Gasteiger partial charge in [0.2, 0.25) is 0 Å². The molecule has 6 heteroatoms. The lowest BCUT2D eigenvalue weighted by molar-refractivity contribution is 0.0894. The van der Waals surface area contributed by atoms with Crippen LogP contribution in [0.1, 0.15) is 27.1 Å². The molecule has 1 heterocycles. The maximum Gasteiger partial charge on any atom is 0.173 e. The predicted octanol–water partition coefficient (Wildman–Crippen LogP) is 3.18. The first-order valence-corrected chi connectivity index (χ1v) is 6.23. The third-order valence-electron chi connectivity index (χ3n) is 2.60. The highest BCUT2D eigenvalue weighted by molar-refractivity contribution is 6.44. The molecule has 19 heavy (non-hydrogen) atoms. The van der Waals surface area contributed by atoms with E-state index in [0.29, 0.717) is 10.6 Å². The second kappa shape index (κ2) is 5.55. The molecule has 2 aromatic rings. The zero-order chi connectivity index (χ0) is 14.0. The summed E-state index contributed by atoms with van der Waals surface area (Å²) < 4.78 is 1.50. The molecular weight excluding hydrogens is 287 g/mol. The number of nitrogens with zero attached hydrogens (tertiary/aromatic N) is 2. The van der Waals surface area contributed by atoms with E-state index in [1.807, 2.05) is 0 Å². The molecule has 0 saturated carbocycles. The third-order valence-corrected chi connectivity index (χ3v) is 3.42. The Morgan fingerprint density at radius 2 is 2.00 bits per heavy atom. The zero-order valence-corrected chi connectivity index (χ0v) is 11.6. The van der Waals surface area contributed by atoms with Crippen LogP contribution in [0.3, 0.4) is 0 Å². The Kier molecular flexibility index (Phi) is 4.02. The van der Waals surface area contributed by atoms with E-state index < -0.39 is 0 Å². The summed E-state index contributed by atoms with van der Waals surface area (Å²) in [6.45, 7) is 0. The average Bonchev–Trinajstić information content (AvgIpc) is 2.79. The van der Waals surface area contributed by atoms with E-state index in [1.165, 1.54) is 10.9 Å². The van der Waals surface area contributed by atoms with Crippen LogP contribution in [0.5, 0.6) is 0 Å². The maximum atomic E-state index is 12.0. The molecule has 1 aromatic heterocycles. The van der Waals surface area contributed by atoms with E-state index in [9.17, 15) is 9.59 Å². The fourth-order valence-electron chi connectivity index (χ4n) is 1.63. The lowest BCUT2D eigenvalue weighted by Gasteiger charge is -2.03. The summed E-state index contributed by atoms with van der Waals surface area (Å²) in [5, 5.41) is 4.35. The molecule has 0 aliphatic rings. The summed E-state index contributed by atoms with van der Waals surface area (Å²) in [7, 11) is 1.70. The number of halogens is 2. The highest BCUT2D eigenvalue weighted by atomic mass is 35.5. The predicted molar refractivity (Wildman–Crippen MR) is 72.9 cm³/mol. The smallest absolute Gasteiger partial charge is 0.173 e. The van der Waals surface area contributed by atoms with Gasteiger partial charge in [0.1, 0.15) is 0 Å². The third kappa shape index (κ3) is 3.03. The van der Waals surface area contributed by atoms with Gasteiger partial charge in [-0.3, -0.25) is 14.3 Å². The molecule has 98 valence electrons. The summed E-state index contributed by atoms with van der Waals surface area (Å²) >= 11 is 11.8. The van der Waals surface area contributed by atoms with Crippen molar-refractivity contribution in [2.24, 2.45) is 7.05 Å². The van der Waals surface area contributed by atoms with Crippen LogP contribution in [0.4, 0.5) is 0 Å². The van der Waals surface area contributed by atoms with Gasteiger partial charge >= 0.3 is 0 Å². The number of hydrogen-bond acceptors (Lipinski definition) is 3. The number of aromatic nitrogens is 2. The van der Waals surface area contributed by atoms with Gasteiger partial charge in [-0.1, -0.05) is 29.3 Å². The van der Waals surface area contributed by atoms with Gasteiger partial charge in [-0.25, -0.2) is 0 Å². The molecule has 0 radical (unpaired) electrons. The van der Waals surface area contributed by atoms with Crippen LogP contribution >= 0.6 is 23.2 Å². The molecule has 0 bridgehead atoms. The van der Waals surface area contributed by atoms with Crippen molar-refractivity contribution >= 4 is 34.8 Å². The van der Waals surface area contributed by atoms with Crippen LogP contribution in [-0.4, -0.2) is 21.3 Å². The molecule has 0 unspecified atom stereocenters. The van der Waals surface area contributed by atoms with Crippen LogP contribution < -0.4 is 0 Å². The molecule has 0 N–H and O–H groups in total. The lowest BCUT2D eigenvalue weighted by Crippen LogP contribution is -2.08. The molecule has 0 saturated heterocycles. The van der Waals surface area contributed by atoms with Gasteiger partial charge in [0, 0.05) is 18.8 Å². The first-order chi connectivity index (χ1) is 8.99. The van der Waals surface area contributed by atoms with Gasteiger partial charge in [-0.2, -0.15) is 5.10 Å². The Balaban J connectivity index is 2.17. The highest BCUT2D eigenvalue weighted by Gasteiger charge is 2.18. The molecule has 0 aliphatic carbocycles. The molecule has 0 spiro atoms. The van der Waals surface area contributed by atoms with Crippen LogP contribution in [0, 0.1) is 0 Å². The maximum absolute atomic E-state index is 12.0. The minimum Gasteiger partial charge on any atom is -0.294 e. The van der Waals surface area contributed by atoms with Crippen molar-refractivity contribution in [1.29, 1.82) is 0 Å². The molecule has 4 nitrogen and oxygen atoms in total. The Labute approximate surface area is 119 Å². The monoisotopic (exact) mass is 296 g/mol. The van der Waals surface area contributed by atoms with Crippen LogP contribution in [-0.2, 0) is 7.05 Å². The molecule has 2 rings (SSSR count). The standard InChI is InChI=1S/C13H10Cl2N2O2/c1-17-7-8(6-16-17)11(18)5-12(19)9-3-2-4-10(14)13(9)15/h2-4,6-7H,5H2,1H3. The zero-order valence-electron chi connectivity index (χ0n) is 10.1. The summed E-state index contributed by atoms with van der Waals surface area (Å²) in [5.41, 5.74) is 0.653. The quantitative estimate of drug-likeness (QED) is 0.643. The van der Waals surface area contributed by atoms with Crippen LogP contribution in [0.2, 0.25) is 10.0 Å². The van der Waals surface area contributed by atoms with Gasteiger partial charge in [-0.15, -0.1) is 0 Å². The van der Waals surface area contributed by atoms with E-state index in [1.54, 1.807) is 31.4 Å². The van der Waals surface area contributed by atoms with Gasteiger partial charge in [0.05, 0.1) is 28.2 Å². The molecule has 0 fully saturated rings. The van der Waals surface area contributed by atoms with Crippen molar-refractivity contribution in [3.8, 4) is 0 Å². The molecule has 0 atom stereocenters. The molecular formula is C13H10Cl2N2O2. The number of hydrogen-bond donors (Lipinski definition) is 0. The first-order valence-electron chi connectivity index (χ1n) is 5.48. The van der Waals surface area contributed by atoms with Crippen molar-refractivity contribution in [2.45, 2.75) is 6.42 Å². The topological polar surface area (TPSA) is 52.0 Å². The minimum absolute atomic E-state index is 0.174. The Morgan fingerprint density at radius 3 is 2.63 bits per heavy atom. The van der Waals surface area contributed by atoms with Gasteiger partial charge in [0.15, 0.2) is 11.6 Å². The fraction of sp³-hybridized carbons (Fsp3) is 0.154. The van der Waals surface area contributed by atoms with Crippen LogP contribution in [0.25, 0.3) is 0 Å². The first kappa shape index (κ1) is 13.8. The van der Waals surface area contributed by atoms with E-state index in [2.05, 4.69) is 5.10 Å². The van der Waals surface area contributed by atoms with Crippen molar-refractivity contribution in [2.75, 3.05) is 0 Å². The Hall–Kier alpha value is -1.65. The van der Waals surface area contributed by atoms with E-state index in [4.69, 9.17) is 23.2 Å².